The van der Waals surface area contributed by atoms with Crippen LogP contribution in [-0.2, 0) is 0 Å². The molecule has 3 rings (SSSR count). The van der Waals surface area contributed by atoms with Gasteiger partial charge in [-0.25, -0.2) is 0 Å². The average molecular weight is 266 g/mol. The normalized spacial score (nSPS) is 35.7. The Hall–Kier alpha value is -0.120. The summed E-state index contributed by atoms with van der Waals surface area (Å²) in [5.74, 6) is 1.42. The van der Waals surface area contributed by atoms with Crippen molar-refractivity contribution < 1.29 is 5.11 Å². The van der Waals surface area contributed by atoms with E-state index in [2.05, 4.69) is 10.2 Å². The predicted octanol–water partition coefficient (Wildman–Crippen LogP) is 2.00. The lowest BCUT2D eigenvalue weighted by atomic mass is 9.89. The summed E-state index contributed by atoms with van der Waals surface area (Å²) in [6, 6.07) is 1.36. The van der Waals surface area contributed by atoms with Crippen LogP contribution in [0.4, 0.5) is 0 Å². The van der Waals surface area contributed by atoms with E-state index in [1.165, 1.54) is 51.6 Å². The van der Waals surface area contributed by atoms with Gasteiger partial charge in [0.1, 0.15) is 0 Å². The maximum Gasteiger partial charge on any atom is 0.0553 e. The van der Waals surface area contributed by atoms with Gasteiger partial charge in [-0.3, -0.25) is 0 Å². The van der Waals surface area contributed by atoms with Gasteiger partial charge < -0.3 is 15.3 Å². The van der Waals surface area contributed by atoms with Gasteiger partial charge in [0, 0.05) is 31.7 Å². The number of hydrogen-bond acceptors (Lipinski definition) is 3. The number of aliphatic hydroxyl groups excluding tert-OH is 1. The Labute approximate surface area is 117 Å². The fourth-order valence-corrected chi connectivity index (χ4v) is 3.94. The zero-order valence-corrected chi connectivity index (χ0v) is 12.4. The molecule has 3 aliphatic rings. The smallest absolute Gasteiger partial charge is 0.0553 e. The van der Waals surface area contributed by atoms with Crippen molar-refractivity contribution in [2.45, 2.75) is 70.1 Å². The number of aliphatic hydroxyl groups is 1. The molecule has 0 radical (unpaired) electrons. The van der Waals surface area contributed by atoms with E-state index in [0.29, 0.717) is 12.0 Å². The standard InChI is InChI=1S/C16H30N2O/c1-12(19)14-8-16(17-15-4-2-3-5-15)11-18(10-14)9-13-6-7-13/h12-17,19H,2-11H2,1H3. The van der Waals surface area contributed by atoms with Crippen LogP contribution in [0.25, 0.3) is 0 Å². The topological polar surface area (TPSA) is 35.5 Å². The van der Waals surface area contributed by atoms with Crippen molar-refractivity contribution in [1.82, 2.24) is 10.2 Å². The minimum absolute atomic E-state index is 0.158. The Balaban J connectivity index is 1.54. The van der Waals surface area contributed by atoms with Crippen LogP contribution < -0.4 is 5.32 Å². The number of piperidine rings is 1. The lowest BCUT2D eigenvalue weighted by Crippen LogP contribution is -2.53. The lowest BCUT2D eigenvalue weighted by Gasteiger charge is -2.40. The highest BCUT2D eigenvalue weighted by molar-refractivity contribution is 4.90. The van der Waals surface area contributed by atoms with Crippen LogP contribution in [0.3, 0.4) is 0 Å². The number of nitrogens with one attached hydrogen (secondary N) is 1. The molecule has 3 unspecified atom stereocenters. The van der Waals surface area contributed by atoms with Crippen LogP contribution in [0, 0.1) is 11.8 Å². The van der Waals surface area contributed by atoms with E-state index in [4.69, 9.17) is 0 Å². The number of hydrogen-bond donors (Lipinski definition) is 2. The molecule has 1 aliphatic heterocycles. The van der Waals surface area contributed by atoms with E-state index in [-0.39, 0.29) is 6.10 Å². The first-order chi connectivity index (χ1) is 9.20. The Morgan fingerprint density at radius 1 is 1.11 bits per heavy atom. The zero-order valence-electron chi connectivity index (χ0n) is 12.4. The summed E-state index contributed by atoms with van der Waals surface area (Å²) in [6.07, 6.45) is 9.38. The monoisotopic (exact) mass is 266 g/mol. The zero-order chi connectivity index (χ0) is 13.2. The Kier molecular flexibility index (Phi) is 4.45. The van der Waals surface area contributed by atoms with E-state index in [9.17, 15) is 5.11 Å². The van der Waals surface area contributed by atoms with E-state index in [1.54, 1.807) is 0 Å². The van der Waals surface area contributed by atoms with Crippen molar-refractivity contribution in [3.8, 4) is 0 Å². The van der Waals surface area contributed by atoms with Gasteiger partial charge in [-0.05, 0) is 50.9 Å². The fraction of sp³-hybridized carbons (Fsp3) is 1.00. The van der Waals surface area contributed by atoms with Crippen molar-refractivity contribution in [3.05, 3.63) is 0 Å². The van der Waals surface area contributed by atoms with Crippen LogP contribution in [0.15, 0.2) is 0 Å². The molecule has 2 aliphatic carbocycles. The van der Waals surface area contributed by atoms with Gasteiger partial charge in [-0.1, -0.05) is 12.8 Å². The molecule has 2 N–H and O–H groups in total. The highest BCUT2D eigenvalue weighted by Crippen LogP contribution is 2.32. The summed E-state index contributed by atoms with van der Waals surface area (Å²) in [7, 11) is 0. The minimum atomic E-state index is -0.158. The molecule has 3 heteroatoms. The molecular formula is C16H30N2O. The first kappa shape index (κ1) is 13.8. The van der Waals surface area contributed by atoms with Gasteiger partial charge in [0.15, 0.2) is 0 Å². The average Bonchev–Trinajstić information content (AvgIpc) is 3.03. The molecule has 0 aromatic carbocycles. The maximum atomic E-state index is 9.97. The maximum absolute atomic E-state index is 9.97. The van der Waals surface area contributed by atoms with Crippen LogP contribution in [0.5, 0.6) is 0 Å². The third-order valence-electron chi connectivity index (χ3n) is 5.28. The summed E-state index contributed by atoms with van der Waals surface area (Å²) in [5, 5.41) is 13.8. The molecule has 19 heavy (non-hydrogen) atoms. The predicted molar refractivity (Wildman–Crippen MR) is 78.1 cm³/mol. The summed E-state index contributed by atoms with van der Waals surface area (Å²) < 4.78 is 0. The second-order valence-electron chi connectivity index (χ2n) is 7.24. The SMILES string of the molecule is CC(O)C1CC(NC2CCCC2)CN(CC2CC2)C1. The van der Waals surface area contributed by atoms with Crippen molar-refractivity contribution in [2.75, 3.05) is 19.6 Å². The van der Waals surface area contributed by atoms with Crippen molar-refractivity contribution >= 4 is 0 Å². The highest BCUT2D eigenvalue weighted by Gasteiger charge is 2.34. The van der Waals surface area contributed by atoms with Gasteiger partial charge in [0.2, 0.25) is 0 Å². The Bertz CT molecular complexity index is 282. The highest BCUT2D eigenvalue weighted by atomic mass is 16.3. The number of likely N-dealkylation sites (tertiary alicyclic amines) is 1. The second-order valence-corrected chi connectivity index (χ2v) is 7.24. The number of nitrogens with zero attached hydrogens (tertiary/aromatic N) is 1. The summed E-state index contributed by atoms with van der Waals surface area (Å²) in [5.41, 5.74) is 0. The van der Waals surface area contributed by atoms with Gasteiger partial charge >= 0.3 is 0 Å². The second kappa shape index (κ2) is 6.11. The molecular weight excluding hydrogens is 236 g/mol. The largest absolute Gasteiger partial charge is 0.393 e. The molecule has 110 valence electrons. The molecule has 0 aromatic heterocycles. The molecule has 2 saturated carbocycles. The molecule has 3 atom stereocenters. The molecule has 3 fully saturated rings. The summed E-state index contributed by atoms with van der Waals surface area (Å²) >= 11 is 0. The summed E-state index contributed by atoms with van der Waals surface area (Å²) in [6.45, 7) is 5.55. The van der Waals surface area contributed by atoms with Gasteiger partial charge in [-0.15, -0.1) is 0 Å². The molecule has 0 spiro atoms. The molecule has 0 aromatic rings. The Morgan fingerprint density at radius 2 is 1.84 bits per heavy atom. The van der Waals surface area contributed by atoms with E-state index in [1.807, 2.05) is 6.92 Å². The van der Waals surface area contributed by atoms with Gasteiger partial charge in [0.25, 0.3) is 0 Å². The van der Waals surface area contributed by atoms with Crippen molar-refractivity contribution in [3.63, 3.8) is 0 Å². The van der Waals surface area contributed by atoms with Crippen LogP contribution >= 0.6 is 0 Å². The molecule has 1 heterocycles. The minimum Gasteiger partial charge on any atom is -0.393 e. The Morgan fingerprint density at radius 3 is 2.47 bits per heavy atom. The first-order valence-electron chi connectivity index (χ1n) is 8.37. The third-order valence-corrected chi connectivity index (χ3v) is 5.28. The van der Waals surface area contributed by atoms with Crippen LogP contribution in [0.2, 0.25) is 0 Å². The molecule has 1 saturated heterocycles. The first-order valence-corrected chi connectivity index (χ1v) is 8.37. The van der Waals surface area contributed by atoms with E-state index >= 15 is 0 Å². The van der Waals surface area contributed by atoms with Crippen LogP contribution in [-0.4, -0.2) is 47.8 Å². The lowest BCUT2D eigenvalue weighted by molar-refractivity contribution is 0.0440. The quantitative estimate of drug-likeness (QED) is 0.799. The van der Waals surface area contributed by atoms with Gasteiger partial charge in [-0.2, -0.15) is 0 Å². The fourth-order valence-electron chi connectivity index (χ4n) is 3.94. The molecule has 0 amide bonds. The van der Waals surface area contributed by atoms with E-state index in [0.717, 1.165) is 24.9 Å². The third kappa shape index (κ3) is 3.93. The van der Waals surface area contributed by atoms with Gasteiger partial charge in [0.05, 0.1) is 6.10 Å². The van der Waals surface area contributed by atoms with Crippen molar-refractivity contribution in [2.24, 2.45) is 11.8 Å². The molecule has 3 nitrogen and oxygen atoms in total. The number of rotatable bonds is 5. The molecule has 0 bridgehead atoms. The van der Waals surface area contributed by atoms with E-state index < -0.39 is 0 Å². The van der Waals surface area contributed by atoms with Crippen LogP contribution in [0.1, 0.15) is 51.9 Å². The summed E-state index contributed by atoms with van der Waals surface area (Å²) in [4.78, 5) is 2.62. The van der Waals surface area contributed by atoms with Crippen molar-refractivity contribution in [1.29, 1.82) is 0 Å².